The molecule has 0 bridgehead atoms. The molecular formula is C11H26N2O2. The van der Waals surface area contributed by atoms with E-state index in [4.69, 9.17) is 4.74 Å². The molecule has 4 nitrogen and oxygen atoms in total. The summed E-state index contributed by atoms with van der Waals surface area (Å²) in [5.74, 6) is 0. The van der Waals surface area contributed by atoms with Crippen molar-refractivity contribution in [2.75, 3.05) is 47.0 Å². The van der Waals surface area contributed by atoms with Crippen LogP contribution in [0, 0.1) is 0 Å². The molecule has 4 heteroatoms. The summed E-state index contributed by atoms with van der Waals surface area (Å²) in [5.41, 5.74) is -0.167. The first-order valence-corrected chi connectivity index (χ1v) is 5.64. The minimum atomic E-state index is -0.167. The third-order valence-electron chi connectivity index (χ3n) is 2.82. The van der Waals surface area contributed by atoms with Crippen molar-refractivity contribution >= 4 is 0 Å². The van der Waals surface area contributed by atoms with Crippen LogP contribution >= 0.6 is 0 Å². The van der Waals surface area contributed by atoms with Crippen LogP contribution in [0.1, 0.15) is 20.3 Å². The van der Waals surface area contributed by atoms with Crippen LogP contribution in [0.5, 0.6) is 0 Å². The lowest BCUT2D eigenvalue weighted by molar-refractivity contribution is 0.112. The molecular weight excluding hydrogens is 192 g/mol. The van der Waals surface area contributed by atoms with E-state index in [0.717, 1.165) is 32.7 Å². The summed E-state index contributed by atoms with van der Waals surface area (Å²) >= 11 is 0. The molecule has 2 N–H and O–H groups in total. The van der Waals surface area contributed by atoms with Gasteiger partial charge in [0.05, 0.1) is 13.2 Å². The van der Waals surface area contributed by atoms with Crippen molar-refractivity contribution in [2.45, 2.75) is 25.8 Å². The molecule has 92 valence electrons. The Labute approximate surface area is 93.6 Å². The molecule has 1 unspecified atom stereocenters. The normalized spacial score (nSPS) is 15.6. The van der Waals surface area contributed by atoms with Crippen LogP contribution < -0.4 is 5.32 Å². The molecule has 0 aliphatic heterocycles. The number of nitrogens with zero attached hydrogens (tertiary/aromatic N) is 1. The van der Waals surface area contributed by atoms with Crippen LogP contribution in [-0.4, -0.2) is 62.6 Å². The van der Waals surface area contributed by atoms with Crippen LogP contribution in [0.25, 0.3) is 0 Å². The van der Waals surface area contributed by atoms with E-state index in [1.54, 1.807) is 0 Å². The number of aliphatic hydroxyl groups is 1. The van der Waals surface area contributed by atoms with Crippen molar-refractivity contribution < 1.29 is 9.84 Å². The number of aliphatic hydroxyl groups excluding tert-OH is 1. The van der Waals surface area contributed by atoms with Crippen LogP contribution in [0.4, 0.5) is 0 Å². The van der Waals surface area contributed by atoms with Gasteiger partial charge in [0, 0.05) is 18.7 Å². The summed E-state index contributed by atoms with van der Waals surface area (Å²) in [6, 6.07) is 0. The molecule has 0 saturated heterocycles. The number of nitrogens with one attached hydrogen (secondary N) is 1. The predicted molar refractivity (Wildman–Crippen MR) is 63.2 cm³/mol. The summed E-state index contributed by atoms with van der Waals surface area (Å²) in [7, 11) is 3.96. The number of rotatable bonds is 9. The summed E-state index contributed by atoms with van der Waals surface area (Å²) in [5, 5.41) is 12.3. The molecule has 0 aromatic rings. The van der Waals surface area contributed by atoms with Crippen LogP contribution in [0.2, 0.25) is 0 Å². The van der Waals surface area contributed by atoms with Gasteiger partial charge in [-0.15, -0.1) is 0 Å². The molecule has 0 aliphatic carbocycles. The summed E-state index contributed by atoms with van der Waals surface area (Å²) in [6.07, 6.45) is 0.933. The maximum atomic E-state index is 9.21. The first kappa shape index (κ1) is 14.8. The average Bonchev–Trinajstić information content (AvgIpc) is 2.26. The molecule has 0 heterocycles. The summed E-state index contributed by atoms with van der Waals surface area (Å²) < 4.78 is 5.28. The fourth-order valence-corrected chi connectivity index (χ4v) is 1.20. The quantitative estimate of drug-likeness (QED) is 0.547. The Kier molecular flexibility index (Phi) is 7.96. The maximum absolute atomic E-state index is 9.21. The number of likely N-dealkylation sites (N-methyl/N-ethyl adjacent to an activating group) is 2. The van der Waals surface area contributed by atoms with E-state index in [1.165, 1.54) is 0 Å². The fourth-order valence-electron chi connectivity index (χ4n) is 1.20. The molecule has 0 rings (SSSR count). The fraction of sp³-hybridized carbons (Fsp3) is 1.00. The van der Waals surface area contributed by atoms with Crippen molar-refractivity contribution in [3.05, 3.63) is 0 Å². The van der Waals surface area contributed by atoms with Crippen LogP contribution in [0.3, 0.4) is 0 Å². The molecule has 0 aromatic carbocycles. The SMILES string of the molecule is CCOCCN(C)CCC(C)(CO)NC. The molecule has 0 aromatic heterocycles. The topological polar surface area (TPSA) is 44.7 Å². The second-order valence-corrected chi connectivity index (χ2v) is 4.22. The Morgan fingerprint density at radius 2 is 2.07 bits per heavy atom. The van der Waals surface area contributed by atoms with E-state index in [1.807, 2.05) is 20.9 Å². The third kappa shape index (κ3) is 6.84. The lowest BCUT2D eigenvalue weighted by Crippen LogP contribution is -2.45. The molecule has 0 saturated carbocycles. The smallest absolute Gasteiger partial charge is 0.0610 e. The molecule has 0 spiro atoms. The van der Waals surface area contributed by atoms with Gasteiger partial charge in [0.15, 0.2) is 0 Å². The highest BCUT2D eigenvalue weighted by Gasteiger charge is 2.20. The first-order valence-electron chi connectivity index (χ1n) is 5.64. The Hall–Kier alpha value is -0.160. The van der Waals surface area contributed by atoms with E-state index in [-0.39, 0.29) is 12.1 Å². The van der Waals surface area contributed by atoms with E-state index in [0.29, 0.717) is 0 Å². The average molecular weight is 218 g/mol. The van der Waals surface area contributed by atoms with E-state index in [9.17, 15) is 5.11 Å². The monoisotopic (exact) mass is 218 g/mol. The van der Waals surface area contributed by atoms with Crippen molar-refractivity contribution in [3.8, 4) is 0 Å². The largest absolute Gasteiger partial charge is 0.394 e. The highest BCUT2D eigenvalue weighted by atomic mass is 16.5. The molecule has 0 aliphatic rings. The number of hydrogen-bond acceptors (Lipinski definition) is 4. The second-order valence-electron chi connectivity index (χ2n) is 4.22. The van der Waals surface area contributed by atoms with Gasteiger partial charge in [-0.25, -0.2) is 0 Å². The zero-order chi connectivity index (χ0) is 11.7. The van der Waals surface area contributed by atoms with Gasteiger partial charge in [-0.1, -0.05) is 0 Å². The lowest BCUT2D eigenvalue weighted by atomic mass is 9.99. The highest BCUT2D eigenvalue weighted by molar-refractivity contribution is 4.81. The van der Waals surface area contributed by atoms with E-state index < -0.39 is 0 Å². The first-order chi connectivity index (χ1) is 7.08. The lowest BCUT2D eigenvalue weighted by Gasteiger charge is -2.29. The Bertz CT molecular complexity index is 150. The van der Waals surface area contributed by atoms with Crippen molar-refractivity contribution in [2.24, 2.45) is 0 Å². The summed E-state index contributed by atoms with van der Waals surface area (Å²) in [6.45, 7) is 7.67. The minimum Gasteiger partial charge on any atom is -0.394 e. The van der Waals surface area contributed by atoms with Crippen LogP contribution in [-0.2, 0) is 4.74 Å². The zero-order valence-corrected chi connectivity index (χ0v) is 10.5. The van der Waals surface area contributed by atoms with Crippen LogP contribution in [0.15, 0.2) is 0 Å². The van der Waals surface area contributed by atoms with Crippen molar-refractivity contribution in [1.82, 2.24) is 10.2 Å². The molecule has 15 heavy (non-hydrogen) atoms. The van der Waals surface area contributed by atoms with Gasteiger partial charge in [0.2, 0.25) is 0 Å². The van der Waals surface area contributed by atoms with Crippen molar-refractivity contribution in [3.63, 3.8) is 0 Å². The Balaban J connectivity index is 3.64. The highest BCUT2D eigenvalue weighted by Crippen LogP contribution is 2.08. The molecule has 0 radical (unpaired) electrons. The summed E-state index contributed by atoms with van der Waals surface area (Å²) in [4.78, 5) is 2.22. The number of hydrogen-bond donors (Lipinski definition) is 2. The molecule has 0 amide bonds. The predicted octanol–water partition coefficient (Wildman–Crippen LogP) is 0.315. The maximum Gasteiger partial charge on any atom is 0.0610 e. The second kappa shape index (κ2) is 8.05. The minimum absolute atomic E-state index is 0.167. The van der Waals surface area contributed by atoms with Crippen molar-refractivity contribution in [1.29, 1.82) is 0 Å². The van der Waals surface area contributed by atoms with Gasteiger partial charge in [0.1, 0.15) is 0 Å². The van der Waals surface area contributed by atoms with Gasteiger partial charge in [-0.05, 0) is 40.9 Å². The third-order valence-corrected chi connectivity index (χ3v) is 2.82. The van der Waals surface area contributed by atoms with Gasteiger partial charge in [-0.3, -0.25) is 0 Å². The Morgan fingerprint density at radius 1 is 1.40 bits per heavy atom. The van der Waals surface area contributed by atoms with E-state index in [2.05, 4.69) is 17.3 Å². The standard InChI is InChI=1S/C11H26N2O2/c1-5-15-9-8-13(4)7-6-11(2,10-14)12-3/h12,14H,5-10H2,1-4H3. The van der Waals surface area contributed by atoms with Gasteiger partial charge >= 0.3 is 0 Å². The molecule has 1 atom stereocenters. The Morgan fingerprint density at radius 3 is 2.53 bits per heavy atom. The molecule has 0 fully saturated rings. The van der Waals surface area contributed by atoms with E-state index >= 15 is 0 Å². The van der Waals surface area contributed by atoms with Gasteiger partial charge in [-0.2, -0.15) is 0 Å². The number of ether oxygens (including phenoxy) is 1. The van der Waals surface area contributed by atoms with Gasteiger partial charge in [0.25, 0.3) is 0 Å². The van der Waals surface area contributed by atoms with Gasteiger partial charge < -0.3 is 20.1 Å². The zero-order valence-electron chi connectivity index (χ0n) is 10.5.